The average Bonchev–Trinajstić information content (AvgIpc) is 2.48. The van der Waals surface area contributed by atoms with E-state index >= 15 is 0 Å². The van der Waals surface area contributed by atoms with Crippen LogP contribution in [-0.4, -0.2) is 22.2 Å². The fourth-order valence-electron chi connectivity index (χ4n) is 2.69. The number of carboxylic acid groups (broad SMARTS) is 2. The van der Waals surface area contributed by atoms with Crippen molar-refractivity contribution in [3.8, 4) is 0 Å². The summed E-state index contributed by atoms with van der Waals surface area (Å²) in [7, 11) is 0. The second kappa shape index (κ2) is 7.07. The van der Waals surface area contributed by atoms with Gasteiger partial charge >= 0.3 is 11.9 Å². The van der Waals surface area contributed by atoms with Crippen molar-refractivity contribution in [2.75, 3.05) is 0 Å². The van der Waals surface area contributed by atoms with Gasteiger partial charge in [0.15, 0.2) is 0 Å². The van der Waals surface area contributed by atoms with Crippen LogP contribution in [0, 0.1) is 5.41 Å². The molecule has 1 aromatic carbocycles. The molecule has 1 aliphatic rings. The summed E-state index contributed by atoms with van der Waals surface area (Å²) in [5, 5.41) is 18.9. The molecular formula is C18H22O4. The lowest BCUT2D eigenvalue weighted by Gasteiger charge is -2.38. The molecule has 4 heteroatoms. The van der Waals surface area contributed by atoms with Gasteiger partial charge in [-0.05, 0) is 32.3 Å². The fraction of sp³-hybridized carbons (Fsp3) is 0.333. The standard InChI is InChI=1S/C15H16O4.C3H6/c1-14(12(16)17)8-5-9-15(10-14,13(18)19)11-6-3-2-4-7-11;1-3-2/h2-8H,9-10H2,1H3,(H,16,17)(H,18,19);3H,1H2,2H3. The summed E-state index contributed by atoms with van der Waals surface area (Å²) in [4.78, 5) is 23.1. The molecule has 0 fully saturated rings. The molecule has 0 spiro atoms. The van der Waals surface area contributed by atoms with Gasteiger partial charge in [0.05, 0.1) is 10.8 Å². The molecule has 0 bridgehead atoms. The van der Waals surface area contributed by atoms with Crippen LogP contribution in [0.25, 0.3) is 0 Å². The Morgan fingerprint density at radius 2 is 1.73 bits per heavy atom. The fourth-order valence-corrected chi connectivity index (χ4v) is 2.69. The van der Waals surface area contributed by atoms with E-state index in [1.54, 1.807) is 49.4 Å². The van der Waals surface area contributed by atoms with Gasteiger partial charge < -0.3 is 10.2 Å². The predicted molar refractivity (Wildman–Crippen MR) is 85.7 cm³/mol. The summed E-state index contributed by atoms with van der Waals surface area (Å²) in [6.07, 6.45) is 5.39. The predicted octanol–water partition coefficient (Wildman–Crippen LogP) is 3.64. The Labute approximate surface area is 130 Å². The molecule has 2 atom stereocenters. The van der Waals surface area contributed by atoms with Crippen LogP contribution in [0.2, 0.25) is 0 Å². The number of benzene rings is 1. The Morgan fingerprint density at radius 3 is 2.18 bits per heavy atom. The van der Waals surface area contributed by atoms with Crippen LogP contribution < -0.4 is 0 Å². The third kappa shape index (κ3) is 3.45. The Hall–Kier alpha value is -2.36. The summed E-state index contributed by atoms with van der Waals surface area (Å²) in [5.74, 6) is -1.97. The molecule has 4 nitrogen and oxygen atoms in total. The highest BCUT2D eigenvalue weighted by Crippen LogP contribution is 2.45. The van der Waals surface area contributed by atoms with E-state index in [0.29, 0.717) is 12.0 Å². The van der Waals surface area contributed by atoms with Crippen LogP contribution in [0.1, 0.15) is 32.3 Å². The Morgan fingerprint density at radius 1 is 1.18 bits per heavy atom. The van der Waals surface area contributed by atoms with Crippen LogP contribution in [0.15, 0.2) is 55.1 Å². The summed E-state index contributed by atoms with van der Waals surface area (Å²) >= 11 is 0. The minimum atomic E-state index is -1.16. The van der Waals surface area contributed by atoms with Gasteiger partial charge in [-0.15, -0.1) is 6.58 Å². The van der Waals surface area contributed by atoms with Crippen LogP contribution in [-0.2, 0) is 15.0 Å². The van der Waals surface area contributed by atoms with E-state index in [9.17, 15) is 19.8 Å². The summed E-state index contributed by atoms with van der Waals surface area (Å²) in [6, 6.07) is 8.85. The van der Waals surface area contributed by atoms with Crippen LogP contribution in [0.3, 0.4) is 0 Å². The maximum atomic E-state index is 11.8. The third-order valence-electron chi connectivity index (χ3n) is 3.85. The van der Waals surface area contributed by atoms with Gasteiger partial charge in [0.1, 0.15) is 0 Å². The largest absolute Gasteiger partial charge is 0.481 e. The number of allylic oxidation sites excluding steroid dienone is 2. The molecule has 0 radical (unpaired) electrons. The molecule has 0 saturated carbocycles. The Bertz CT molecular complexity index is 576. The lowest BCUT2D eigenvalue weighted by molar-refractivity contribution is -0.151. The van der Waals surface area contributed by atoms with Crippen molar-refractivity contribution in [3.63, 3.8) is 0 Å². The van der Waals surface area contributed by atoms with Crippen molar-refractivity contribution in [1.29, 1.82) is 0 Å². The normalized spacial score (nSPS) is 26.5. The molecule has 22 heavy (non-hydrogen) atoms. The van der Waals surface area contributed by atoms with Gasteiger partial charge in [0.25, 0.3) is 0 Å². The SMILES string of the molecule is C=CC.CC1(C(=O)O)C=CCC(C(=O)O)(c2ccccc2)C1. The molecule has 118 valence electrons. The topological polar surface area (TPSA) is 74.6 Å². The highest BCUT2D eigenvalue weighted by atomic mass is 16.4. The molecule has 2 N–H and O–H groups in total. The highest BCUT2D eigenvalue weighted by molar-refractivity contribution is 5.85. The van der Waals surface area contributed by atoms with Crippen molar-refractivity contribution in [1.82, 2.24) is 0 Å². The van der Waals surface area contributed by atoms with Gasteiger partial charge in [-0.2, -0.15) is 0 Å². The maximum Gasteiger partial charge on any atom is 0.314 e. The minimum absolute atomic E-state index is 0.0607. The van der Waals surface area contributed by atoms with Gasteiger partial charge in [-0.3, -0.25) is 9.59 Å². The van der Waals surface area contributed by atoms with Crippen molar-refractivity contribution in [3.05, 3.63) is 60.7 Å². The van der Waals surface area contributed by atoms with Gasteiger partial charge in [0, 0.05) is 0 Å². The first-order valence-corrected chi connectivity index (χ1v) is 7.09. The number of aliphatic carboxylic acids is 2. The molecule has 2 unspecified atom stereocenters. The van der Waals surface area contributed by atoms with Crippen molar-refractivity contribution in [2.45, 2.75) is 32.1 Å². The lowest BCUT2D eigenvalue weighted by Crippen LogP contribution is -2.44. The molecule has 0 heterocycles. The zero-order chi connectivity index (χ0) is 16.8. The second-order valence-corrected chi connectivity index (χ2v) is 5.67. The molecule has 0 saturated heterocycles. The number of hydrogen-bond donors (Lipinski definition) is 2. The van der Waals surface area contributed by atoms with E-state index in [1.165, 1.54) is 0 Å². The highest BCUT2D eigenvalue weighted by Gasteiger charge is 2.49. The van der Waals surface area contributed by atoms with E-state index < -0.39 is 22.8 Å². The number of hydrogen-bond acceptors (Lipinski definition) is 2. The first-order valence-electron chi connectivity index (χ1n) is 7.09. The quantitative estimate of drug-likeness (QED) is 0.836. The Kier molecular flexibility index (Phi) is 5.69. The molecule has 1 aromatic rings. The number of carbonyl (C=O) groups is 2. The van der Waals surface area contributed by atoms with Gasteiger partial charge in [0.2, 0.25) is 0 Å². The zero-order valence-electron chi connectivity index (χ0n) is 13.0. The summed E-state index contributed by atoms with van der Waals surface area (Å²) in [6.45, 7) is 6.81. The first kappa shape index (κ1) is 17.7. The lowest BCUT2D eigenvalue weighted by atomic mass is 9.63. The van der Waals surface area contributed by atoms with E-state index in [-0.39, 0.29) is 6.42 Å². The zero-order valence-corrected chi connectivity index (χ0v) is 13.0. The van der Waals surface area contributed by atoms with E-state index in [2.05, 4.69) is 6.58 Å². The van der Waals surface area contributed by atoms with Crippen molar-refractivity contribution < 1.29 is 19.8 Å². The first-order chi connectivity index (χ1) is 10.3. The minimum Gasteiger partial charge on any atom is -0.481 e. The van der Waals surface area contributed by atoms with E-state index in [4.69, 9.17) is 0 Å². The maximum absolute atomic E-state index is 11.8. The van der Waals surface area contributed by atoms with Gasteiger partial charge in [-0.25, -0.2) is 0 Å². The Balaban J connectivity index is 0.000000745. The van der Waals surface area contributed by atoms with Gasteiger partial charge in [-0.1, -0.05) is 48.6 Å². The van der Waals surface area contributed by atoms with Crippen LogP contribution >= 0.6 is 0 Å². The monoisotopic (exact) mass is 302 g/mol. The summed E-state index contributed by atoms with van der Waals surface area (Å²) < 4.78 is 0. The average molecular weight is 302 g/mol. The molecule has 1 aliphatic carbocycles. The molecule has 0 amide bonds. The molecular weight excluding hydrogens is 280 g/mol. The number of rotatable bonds is 3. The molecule has 2 rings (SSSR count). The van der Waals surface area contributed by atoms with Crippen molar-refractivity contribution in [2.24, 2.45) is 5.41 Å². The second-order valence-electron chi connectivity index (χ2n) is 5.67. The van der Waals surface area contributed by atoms with E-state index in [0.717, 1.165) is 0 Å². The van der Waals surface area contributed by atoms with E-state index in [1.807, 2.05) is 13.0 Å². The molecule has 0 aliphatic heterocycles. The molecule has 0 aromatic heterocycles. The van der Waals surface area contributed by atoms with Crippen LogP contribution in [0.4, 0.5) is 0 Å². The smallest absolute Gasteiger partial charge is 0.314 e. The number of carboxylic acids is 2. The van der Waals surface area contributed by atoms with Crippen LogP contribution in [0.5, 0.6) is 0 Å². The summed E-state index contributed by atoms with van der Waals surface area (Å²) in [5.41, 5.74) is -1.66. The van der Waals surface area contributed by atoms with Crippen molar-refractivity contribution >= 4 is 11.9 Å². The third-order valence-corrected chi connectivity index (χ3v) is 3.85.